The maximum absolute atomic E-state index is 10.7. The van der Waals surface area contributed by atoms with Gasteiger partial charge in [-0.15, -0.1) is 0 Å². The molecule has 0 bridgehead atoms. The van der Waals surface area contributed by atoms with Crippen molar-refractivity contribution in [1.29, 1.82) is 0 Å². The van der Waals surface area contributed by atoms with Crippen LogP contribution in [0.5, 0.6) is 5.75 Å². The average molecular weight is 300 g/mol. The van der Waals surface area contributed by atoms with Crippen LogP contribution in [0.1, 0.15) is 5.56 Å². The molecule has 0 saturated carbocycles. The van der Waals surface area contributed by atoms with Gasteiger partial charge in [-0.05, 0) is 24.8 Å². The van der Waals surface area contributed by atoms with Crippen molar-refractivity contribution >= 4 is 20.4 Å². The molecule has 1 aromatic rings. The van der Waals surface area contributed by atoms with Gasteiger partial charge in [-0.2, -0.15) is 0 Å². The first-order valence-electron chi connectivity index (χ1n) is 4.16. The number of hydrogen-bond acceptors (Lipinski definition) is 1. The molecule has 1 aromatic carbocycles. The Bertz CT molecular complexity index is 324. The molecule has 0 saturated heterocycles. The van der Waals surface area contributed by atoms with E-state index in [-0.39, 0.29) is 0 Å². The number of rotatable bonds is 2. The van der Waals surface area contributed by atoms with Gasteiger partial charge < -0.3 is 4.74 Å². The summed E-state index contributed by atoms with van der Waals surface area (Å²) in [6.07, 6.45) is 0. The third-order valence-corrected chi connectivity index (χ3v) is 1.77. The number of halogens is 6. The van der Waals surface area contributed by atoms with Gasteiger partial charge in [-0.25, -0.2) is 0 Å². The topological polar surface area (TPSA) is 9.23 Å². The molecule has 0 heterocycles. The van der Waals surface area contributed by atoms with Crippen LogP contribution in [-0.4, -0.2) is 7.11 Å². The van der Waals surface area contributed by atoms with Crippen LogP contribution in [0, 0.1) is 0 Å². The van der Waals surface area contributed by atoms with Crippen LogP contribution in [0.4, 0.5) is 25.2 Å². The Labute approximate surface area is 99.4 Å². The number of methoxy groups -OCH3 is 1. The fourth-order valence-corrected chi connectivity index (χ4v) is 0.979. The van der Waals surface area contributed by atoms with Crippen LogP contribution in [0.2, 0.25) is 0 Å². The fraction of sp³-hybridized carbons (Fsp3) is 0.250. The Morgan fingerprint density at radius 1 is 1.00 bits per heavy atom. The Morgan fingerprint density at radius 2 is 1.35 bits per heavy atom. The zero-order chi connectivity index (χ0) is 13.8. The normalized spacial score (nSPS) is 15.1. The molecule has 0 aliphatic carbocycles. The molecule has 102 valence electrons. The predicted molar refractivity (Wildman–Crippen MR) is 60.4 cm³/mol. The zero-order valence-electron chi connectivity index (χ0n) is 8.64. The van der Waals surface area contributed by atoms with Crippen molar-refractivity contribution in [3.8, 4) is 5.75 Å². The van der Waals surface area contributed by atoms with Gasteiger partial charge in [0.05, 0.1) is 7.11 Å². The minimum atomic E-state index is -10.7. The van der Waals surface area contributed by atoms with Crippen molar-refractivity contribution in [2.45, 2.75) is 5.75 Å². The molecule has 0 atom stereocenters. The molecule has 0 radical (unpaired) electrons. The Morgan fingerprint density at radius 3 is 1.59 bits per heavy atom. The molecule has 0 amide bonds. The van der Waals surface area contributed by atoms with E-state index in [0.717, 1.165) is 11.5 Å². The standard InChI is InChI=1S/C8H10OS.F6P/c1-9-8-4-2-7(6-10)3-5-8;1-7(2,3,4,5)6/h2-5,10H,6H2,1H3;/q;-1/p+1. The van der Waals surface area contributed by atoms with E-state index < -0.39 is 7.81 Å². The first-order valence-corrected chi connectivity index (χ1v) is 6.89. The summed E-state index contributed by atoms with van der Waals surface area (Å²) < 4.78 is 64.2. The van der Waals surface area contributed by atoms with E-state index in [2.05, 4.69) is 12.6 Å². The van der Waals surface area contributed by atoms with Gasteiger partial charge in [-0.1, -0.05) is 12.1 Å². The number of benzene rings is 1. The van der Waals surface area contributed by atoms with Crippen LogP contribution in [-0.2, 0) is 18.4 Å². The molecule has 9 heteroatoms. The Hall–Kier alpha value is -0.620. The van der Waals surface area contributed by atoms with Crippen LogP contribution >= 0.6 is 7.81 Å². The number of hydrogen-bond donors (Lipinski definition) is 0. The van der Waals surface area contributed by atoms with E-state index in [9.17, 15) is 25.2 Å². The van der Waals surface area contributed by atoms with Gasteiger partial charge in [0.1, 0.15) is 11.5 Å². The summed E-state index contributed by atoms with van der Waals surface area (Å²) in [6.45, 7) is 0. The van der Waals surface area contributed by atoms with Crippen molar-refractivity contribution in [1.82, 2.24) is 0 Å². The molecule has 0 spiro atoms. The summed E-state index contributed by atoms with van der Waals surface area (Å²) in [5.74, 6) is 1.80. The Kier molecular flexibility index (Phi) is 4.40. The van der Waals surface area contributed by atoms with Crippen LogP contribution in [0.3, 0.4) is 0 Å². The van der Waals surface area contributed by atoms with Crippen LogP contribution < -0.4 is 4.74 Å². The monoisotopic (exact) mass is 300 g/mol. The molecule has 0 unspecified atom stereocenters. The number of ether oxygens (including phenoxy) is 1. The van der Waals surface area contributed by atoms with Gasteiger partial charge in [0, 0.05) is 5.56 Å². The first kappa shape index (κ1) is 16.4. The summed E-state index contributed by atoms with van der Waals surface area (Å²) in [4.78, 5) is 0. The van der Waals surface area contributed by atoms with Crippen molar-refractivity contribution in [3.05, 3.63) is 29.8 Å². The van der Waals surface area contributed by atoms with E-state index in [1.165, 1.54) is 5.56 Å². The van der Waals surface area contributed by atoms with E-state index in [1.807, 2.05) is 24.3 Å². The van der Waals surface area contributed by atoms with Crippen LogP contribution in [0.25, 0.3) is 0 Å². The van der Waals surface area contributed by atoms with Gasteiger partial charge >= 0.3 is 33.0 Å². The molecule has 0 aromatic heterocycles. The average Bonchev–Trinajstić information content (AvgIpc) is 2.13. The van der Waals surface area contributed by atoms with Crippen LogP contribution in [0.15, 0.2) is 24.3 Å². The molecule has 1 rings (SSSR count). The van der Waals surface area contributed by atoms with E-state index in [0.29, 0.717) is 0 Å². The van der Waals surface area contributed by atoms with Gasteiger partial charge in [-0.3, -0.25) is 0 Å². The quantitative estimate of drug-likeness (QED) is 0.441. The summed E-state index contributed by atoms with van der Waals surface area (Å²) >= 11 is 3.41. The van der Waals surface area contributed by atoms with Crippen molar-refractivity contribution in [2.24, 2.45) is 0 Å². The molecular weight excluding hydrogens is 289 g/mol. The maximum atomic E-state index is 9.87. The second kappa shape index (κ2) is 4.57. The van der Waals surface area contributed by atoms with Crippen molar-refractivity contribution in [2.75, 3.05) is 7.11 Å². The minimum absolute atomic E-state index is 0.893. The third kappa shape index (κ3) is 15.4. The fourth-order valence-electron chi connectivity index (χ4n) is 0.743. The summed E-state index contributed by atoms with van der Waals surface area (Å²) in [6, 6.07) is 7.97. The molecule has 1 nitrogen and oxygen atoms in total. The third-order valence-electron chi connectivity index (χ3n) is 1.36. The molecule has 0 fully saturated rings. The SMILES string of the molecule is COc1ccc(C[SH2+])cc1.F[P-](F)(F)(F)(F)F. The molecule has 0 aliphatic heterocycles. The van der Waals surface area contributed by atoms with Crippen molar-refractivity contribution in [3.63, 3.8) is 0 Å². The second-order valence-corrected chi connectivity index (χ2v) is 5.25. The summed E-state index contributed by atoms with van der Waals surface area (Å²) in [5.41, 5.74) is 1.26. The summed E-state index contributed by atoms with van der Waals surface area (Å²) in [5, 5.41) is 0. The predicted octanol–water partition coefficient (Wildman–Crippen LogP) is 4.59. The molecular formula is C8H11F6OPS. The zero-order valence-corrected chi connectivity index (χ0v) is 10.5. The van der Waals surface area contributed by atoms with Gasteiger partial charge in [0.2, 0.25) is 0 Å². The van der Waals surface area contributed by atoms with E-state index in [1.54, 1.807) is 7.11 Å². The molecule has 0 aliphatic rings. The van der Waals surface area contributed by atoms with E-state index >= 15 is 0 Å². The van der Waals surface area contributed by atoms with Crippen molar-refractivity contribution < 1.29 is 29.9 Å². The second-order valence-electron chi connectivity index (χ2n) is 2.98. The van der Waals surface area contributed by atoms with E-state index in [4.69, 9.17) is 4.74 Å². The molecule has 0 N–H and O–H groups in total. The Balaban J connectivity index is 0.000000325. The summed E-state index contributed by atoms with van der Waals surface area (Å²) in [7, 11) is -8.99. The van der Waals surface area contributed by atoms with Gasteiger partial charge in [0.15, 0.2) is 0 Å². The molecule has 17 heavy (non-hydrogen) atoms. The first-order chi connectivity index (χ1) is 7.31. The van der Waals surface area contributed by atoms with Gasteiger partial charge in [0.25, 0.3) is 0 Å².